The number of anilines is 2. The first-order chi connectivity index (χ1) is 22.8. The van der Waals surface area contributed by atoms with E-state index in [0.29, 0.717) is 21.8 Å². The number of carbonyl (C=O) groups excluding carboxylic acids is 4. The van der Waals surface area contributed by atoms with Crippen molar-refractivity contribution in [1.29, 1.82) is 0 Å². The van der Waals surface area contributed by atoms with Crippen molar-refractivity contribution in [3.8, 4) is 17.2 Å². The molecule has 0 bridgehead atoms. The third-order valence-electron chi connectivity index (χ3n) is 10.1. The molecule has 0 aromatic heterocycles. The second-order valence-corrected chi connectivity index (χ2v) is 14.1. The summed E-state index contributed by atoms with van der Waals surface area (Å²) in [6, 6.07) is 12.6. The molecule has 248 valence electrons. The molecule has 4 aliphatic rings. The van der Waals surface area contributed by atoms with Gasteiger partial charge in [0.25, 0.3) is 11.8 Å². The van der Waals surface area contributed by atoms with Gasteiger partial charge in [-0.15, -0.1) is 23.2 Å². The van der Waals surface area contributed by atoms with Gasteiger partial charge >= 0.3 is 0 Å². The fraction of sp³-hybridized carbons (Fsp3) is 0.314. The largest absolute Gasteiger partial charge is 0.502 e. The molecule has 3 aromatic rings. The van der Waals surface area contributed by atoms with Crippen LogP contribution in [0, 0.1) is 30.5 Å². The van der Waals surface area contributed by atoms with Crippen molar-refractivity contribution in [1.82, 2.24) is 0 Å². The number of aryl methyl sites for hydroxylation is 1. The average molecular weight is 714 g/mol. The zero-order valence-corrected chi connectivity index (χ0v) is 28.1. The average Bonchev–Trinajstić information content (AvgIpc) is 3.40. The summed E-state index contributed by atoms with van der Waals surface area (Å²) in [6.45, 7) is 1.80. The number of fused-ring (bicyclic) bond motifs is 4. The van der Waals surface area contributed by atoms with E-state index in [-0.39, 0.29) is 35.8 Å². The van der Waals surface area contributed by atoms with Crippen LogP contribution in [0.3, 0.4) is 0 Å². The third-order valence-corrected chi connectivity index (χ3v) is 12.0. The predicted molar refractivity (Wildman–Crippen MR) is 176 cm³/mol. The quantitative estimate of drug-likeness (QED) is 0.188. The molecule has 2 heterocycles. The molecule has 9 nitrogen and oxygen atoms in total. The van der Waals surface area contributed by atoms with Crippen molar-refractivity contribution in [3.05, 3.63) is 88.2 Å². The Balaban J connectivity index is 1.42. The van der Waals surface area contributed by atoms with Crippen LogP contribution in [-0.4, -0.2) is 52.7 Å². The van der Waals surface area contributed by atoms with Crippen molar-refractivity contribution in [2.45, 2.75) is 35.4 Å². The fourth-order valence-electron chi connectivity index (χ4n) is 7.83. The number of alkyl halides is 2. The van der Waals surface area contributed by atoms with Gasteiger partial charge in [-0.25, -0.2) is 14.2 Å². The van der Waals surface area contributed by atoms with Gasteiger partial charge in [-0.2, -0.15) is 0 Å². The van der Waals surface area contributed by atoms with Crippen LogP contribution < -0.4 is 19.3 Å². The number of ether oxygens (including phenoxy) is 2. The van der Waals surface area contributed by atoms with E-state index >= 15 is 0 Å². The topological polar surface area (TPSA) is 113 Å². The number of aromatic hydroxyl groups is 1. The van der Waals surface area contributed by atoms with E-state index in [1.807, 2.05) is 0 Å². The molecule has 13 heteroatoms. The van der Waals surface area contributed by atoms with E-state index in [9.17, 15) is 28.7 Å². The Hall–Kier alpha value is -4.12. The van der Waals surface area contributed by atoms with Gasteiger partial charge < -0.3 is 14.6 Å². The van der Waals surface area contributed by atoms with Crippen LogP contribution in [-0.2, 0) is 19.2 Å². The summed E-state index contributed by atoms with van der Waals surface area (Å²) in [4.78, 5) is 54.8. The van der Waals surface area contributed by atoms with E-state index < -0.39 is 62.9 Å². The number of carbonyl (C=O) groups is 4. The second-order valence-electron chi connectivity index (χ2n) is 12.5. The molecule has 3 fully saturated rings. The molecule has 6 unspecified atom stereocenters. The standard InChI is InChI=1S/C35H28Cl3FN2O7/c1-16-4-7-20(14-24(16)36)40-30(43)22-11-10-21-23(27(22)31(40)44)15-34(37)32(45)41(19-8-5-18(39)6-9-19)33(46)35(34,38)28(21)17-12-25(47-2)29(42)26(13-17)48-3/h4-10,12-14,22-23,27-28,42H,11,15H2,1-3H3. The molecule has 2 saturated heterocycles. The number of allylic oxidation sites excluding steroid dienone is 2. The minimum Gasteiger partial charge on any atom is -0.502 e. The molecule has 4 amide bonds. The smallest absolute Gasteiger partial charge is 0.258 e. The van der Waals surface area contributed by atoms with Crippen molar-refractivity contribution in [2.24, 2.45) is 17.8 Å². The Morgan fingerprint density at radius 1 is 0.854 bits per heavy atom. The van der Waals surface area contributed by atoms with Gasteiger partial charge in [0.15, 0.2) is 21.2 Å². The van der Waals surface area contributed by atoms with E-state index in [1.54, 1.807) is 31.2 Å². The number of hydrogen-bond donors (Lipinski definition) is 1. The molecule has 1 N–H and O–H groups in total. The molecule has 48 heavy (non-hydrogen) atoms. The maximum atomic E-state index is 14.6. The molecule has 3 aromatic carbocycles. The van der Waals surface area contributed by atoms with Crippen molar-refractivity contribution in [3.63, 3.8) is 0 Å². The van der Waals surface area contributed by atoms with E-state index in [1.165, 1.54) is 38.5 Å². The SMILES string of the molecule is COc1cc(C2C3=CCC4C(=O)N(c5ccc(C)c(Cl)c5)C(=O)C4C3CC3(Cl)C(=O)N(c4ccc(F)cc4)C(=O)C23Cl)cc(OC)c1O. The minimum absolute atomic E-state index is 0.00269. The number of nitrogens with zero attached hydrogens (tertiary/aromatic N) is 2. The Labute approximate surface area is 289 Å². The zero-order chi connectivity index (χ0) is 34.4. The normalized spacial score (nSPS) is 29.4. The molecule has 0 radical (unpaired) electrons. The van der Waals surface area contributed by atoms with Crippen molar-refractivity contribution >= 4 is 69.8 Å². The predicted octanol–water partition coefficient (Wildman–Crippen LogP) is 6.28. The Morgan fingerprint density at radius 2 is 1.48 bits per heavy atom. The zero-order valence-electron chi connectivity index (χ0n) is 25.8. The summed E-state index contributed by atoms with van der Waals surface area (Å²) in [5.41, 5.74) is 2.00. The van der Waals surface area contributed by atoms with Crippen LogP contribution in [0.1, 0.15) is 29.9 Å². The third kappa shape index (κ3) is 4.28. The number of hydrogen-bond acceptors (Lipinski definition) is 7. The molecule has 1 saturated carbocycles. The van der Waals surface area contributed by atoms with Crippen LogP contribution in [0.15, 0.2) is 66.2 Å². The highest BCUT2D eigenvalue weighted by atomic mass is 35.5. The maximum Gasteiger partial charge on any atom is 0.258 e. The summed E-state index contributed by atoms with van der Waals surface area (Å²) in [6.07, 6.45) is 1.68. The number of amides is 4. The number of halogens is 4. The first-order valence-electron chi connectivity index (χ1n) is 15.1. The van der Waals surface area contributed by atoms with Crippen LogP contribution in [0.4, 0.5) is 15.8 Å². The van der Waals surface area contributed by atoms with Gasteiger partial charge in [0.1, 0.15) is 5.82 Å². The van der Waals surface area contributed by atoms with E-state index in [0.717, 1.165) is 27.5 Å². The summed E-state index contributed by atoms with van der Waals surface area (Å²) in [5.74, 6) is -7.18. The summed E-state index contributed by atoms with van der Waals surface area (Å²) in [7, 11) is 2.67. The highest BCUT2D eigenvalue weighted by Crippen LogP contribution is 2.66. The van der Waals surface area contributed by atoms with E-state index in [4.69, 9.17) is 44.3 Å². The number of phenolic OH excluding ortho intramolecular Hbond substituents is 1. The molecular formula is C35H28Cl3FN2O7. The Bertz CT molecular complexity index is 1940. The Morgan fingerprint density at radius 3 is 2.08 bits per heavy atom. The fourth-order valence-corrected chi connectivity index (χ4v) is 8.94. The molecule has 6 atom stereocenters. The lowest BCUT2D eigenvalue weighted by atomic mass is 9.56. The van der Waals surface area contributed by atoms with Gasteiger partial charge in [0.05, 0.1) is 37.4 Å². The van der Waals surface area contributed by atoms with Gasteiger partial charge in [-0.3, -0.25) is 19.2 Å². The lowest BCUT2D eigenvalue weighted by molar-refractivity contribution is -0.125. The molecule has 7 rings (SSSR count). The number of imide groups is 2. The number of rotatable bonds is 5. The van der Waals surface area contributed by atoms with Crippen molar-refractivity contribution < 1.29 is 38.1 Å². The highest BCUT2D eigenvalue weighted by molar-refractivity contribution is 6.58. The first kappa shape index (κ1) is 32.4. The van der Waals surface area contributed by atoms with Crippen LogP contribution in [0.5, 0.6) is 17.2 Å². The lowest BCUT2D eigenvalue weighted by Crippen LogP contribution is -2.60. The summed E-state index contributed by atoms with van der Waals surface area (Å²) < 4.78 is 24.7. The number of benzene rings is 3. The number of phenols is 1. The van der Waals surface area contributed by atoms with Crippen LogP contribution in [0.25, 0.3) is 0 Å². The first-order valence-corrected chi connectivity index (χ1v) is 16.2. The van der Waals surface area contributed by atoms with Gasteiger partial charge in [-0.1, -0.05) is 29.3 Å². The molecule has 0 spiro atoms. The summed E-state index contributed by atoms with van der Waals surface area (Å²) >= 11 is 21.2. The van der Waals surface area contributed by atoms with E-state index in [2.05, 4.69) is 0 Å². The molecule has 2 aliphatic carbocycles. The second kappa shape index (κ2) is 11.2. The van der Waals surface area contributed by atoms with Crippen molar-refractivity contribution in [2.75, 3.05) is 24.0 Å². The maximum absolute atomic E-state index is 14.6. The Kier molecular flexibility index (Phi) is 7.58. The molecule has 2 aliphatic heterocycles. The highest BCUT2D eigenvalue weighted by Gasteiger charge is 2.76. The van der Waals surface area contributed by atoms with Gasteiger partial charge in [-0.05, 0) is 85.3 Å². The van der Waals surface area contributed by atoms with Gasteiger partial charge in [0, 0.05) is 10.9 Å². The van der Waals surface area contributed by atoms with Gasteiger partial charge in [0.2, 0.25) is 17.6 Å². The van der Waals surface area contributed by atoms with Crippen LogP contribution in [0.2, 0.25) is 5.02 Å². The lowest BCUT2D eigenvalue weighted by Gasteiger charge is -2.50. The minimum atomic E-state index is -2.17. The molecular weight excluding hydrogens is 686 g/mol. The number of methoxy groups -OCH3 is 2. The summed E-state index contributed by atoms with van der Waals surface area (Å²) in [5, 5.41) is 11.1. The van der Waals surface area contributed by atoms with Crippen LogP contribution >= 0.6 is 34.8 Å². The monoisotopic (exact) mass is 712 g/mol.